The summed E-state index contributed by atoms with van der Waals surface area (Å²) in [7, 11) is 0. The molecule has 0 amide bonds. The summed E-state index contributed by atoms with van der Waals surface area (Å²) in [5.41, 5.74) is 2.50. The number of nitrogens with one attached hydrogen (secondary N) is 1. The van der Waals surface area contributed by atoms with Gasteiger partial charge in [-0.05, 0) is 29.9 Å². The third-order valence-corrected chi connectivity index (χ3v) is 4.73. The van der Waals surface area contributed by atoms with Crippen LogP contribution in [0.2, 0.25) is 0 Å². The number of rotatable bonds is 4. The first-order chi connectivity index (χ1) is 10.6. The zero-order valence-corrected chi connectivity index (χ0v) is 13.3. The summed E-state index contributed by atoms with van der Waals surface area (Å²) < 4.78 is 0. The molecule has 1 saturated carbocycles. The Hall–Kier alpha value is -1.90. The van der Waals surface area contributed by atoms with E-state index in [1.807, 2.05) is 24.3 Å². The van der Waals surface area contributed by atoms with Gasteiger partial charge < -0.3 is 5.32 Å². The van der Waals surface area contributed by atoms with Gasteiger partial charge in [-0.25, -0.2) is 0 Å². The van der Waals surface area contributed by atoms with Gasteiger partial charge in [0.25, 0.3) is 0 Å². The van der Waals surface area contributed by atoms with Crippen LogP contribution in [0.1, 0.15) is 57.4 Å². The maximum absolute atomic E-state index is 12.0. The maximum Gasteiger partial charge on any atom is 0.250 e. The standard InChI is InChI=1S/C19H23NO2/c1-12(2)13-8-10-14(11-9-13)16-17(19(22)18(16)21)20-15-6-4-3-5-7-15/h8-12,15,20H,3-7H2,1-2H3. The largest absolute Gasteiger partial charge is 0.378 e. The molecule has 1 aliphatic carbocycles. The van der Waals surface area contributed by atoms with E-state index < -0.39 is 0 Å². The van der Waals surface area contributed by atoms with Crippen LogP contribution in [0.4, 0.5) is 5.69 Å². The van der Waals surface area contributed by atoms with Crippen LogP contribution in [0.25, 0.3) is 11.1 Å². The minimum absolute atomic E-state index is 0.339. The Bertz CT molecular complexity index is 715. The second kappa shape index (κ2) is 6.07. The maximum atomic E-state index is 12.0. The Labute approximate surface area is 131 Å². The van der Waals surface area contributed by atoms with Crippen molar-refractivity contribution in [2.24, 2.45) is 0 Å². The van der Waals surface area contributed by atoms with Gasteiger partial charge in [-0.3, -0.25) is 9.59 Å². The zero-order valence-electron chi connectivity index (χ0n) is 13.3. The molecule has 2 aromatic carbocycles. The molecule has 0 aliphatic heterocycles. The summed E-state index contributed by atoms with van der Waals surface area (Å²) in [5, 5.41) is 3.33. The molecule has 1 aliphatic rings. The van der Waals surface area contributed by atoms with Crippen LogP contribution >= 0.6 is 0 Å². The molecule has 3 rings (SSSR count). The lowest BCUT2D eigenvalue weighted by molar-refractivity contribution is 0.462. The van der Waals surface area contributed by atoms with Crippen molar-refractivity contribution in [1.82, 2.24) is 0 Å². The van der Waals surface area contributed by atoms with Gasteiger partial charge in [-0.15, -0.1) is 0 Å². The number of benzene rings is 1. The Morgan fingerprint density at radius 2 is 1.59 bits per heavy atom. The fraction of sp³-hybridized carbons (Fsp3) is 0.474. The van der Waals surface area contributed by atoms with Gasteiger partial charge in [0, 0.05) is 6.04 Å². The van der Waals surface area contributed by atoms with Crippen molar-refractivity contribution in [3.8, 4) is 11.1 Å². The summed E-state index contributed by atoms with van der Waals surface area (Å²) in [6.07, 6.45) is 5.85. The second-order valence-corrected chi connectivity index (χ2v) is 6.66. The van der Waals surface area contributed by atoms with Gasteiger partial charge >= 0.3 is 0 Å². The highest BCUT2D eigenvalue weighted by atomic mass is 16.2. The van der Waals surface area contributed by atoms with E-state index in [0.29, 0.717) is 23.2 Å². The molecule has 0 saturated heterocycles. The van der Waals surface area contributed by atoms with Crippen LogP contribution in [0, 0.1) is 0 Å². The van der Waals surface area contributed by atoms with Crippen LogP contribution in [0.3, 0.4) is 0 Å². The Balaban J connectivity index is 1.86. The van der Waals surface area contributed by atoms with Crippen molar-refractivity contribution >= 4 is 5.69 Å². The summed E-state index contributed by atoms with van der Waals surface area (Å²) in [6.45, 7) is 4.28. The third-order valence-electron chi connectivity index (χ3n) is 4.73. The molecule has 0 aromatic heterocycles. The molecule has 116 valence electrons. The predicted octanol–water partition coefficient (Wildman–Crippen LogP) is 3.82. The Morgan fingerprint density at radius 1 is 0.955 bits per heavy atom. The molecule has 2 aromatic rings. The lowest BCUT2D eigenvalue weighted by Crippen LogP contribution is -2.39. The number of hydrogen-bond acceptors (Lipinski definition) is 3. The van der Waals surface area contributed by atoms with E-state index in [1.165, 1.54) is 24.8 Å². The van der Waals surface area contributed by atoms with Gasteiger partial charge in [-0.1, -0.05) is 57.4 Å². The van der Waals surface area contributed by atoms with Gasteiger partial charge in [0.05, 0.1) is 11.3 Å². The van der Waals surface area contributed by atoms with E-state index in [9.17, 15) is 9.59 Å². The van der Waals surface area contributed by atoms with E-state index in [0.717, 1.165) is 18.4 Å². The first-order valence-electron chi connectivity index (χ1n) is 8.28. The quantitative estimate of drug-likeness (QED) is 0.873. The Kier molecular flexibility index (Phi) is 4.14. The minimum Gasteiger partial charge on any atom is -0.378 e. The first-order valence-corrected chi connectivity index (χ1v) is 8.28. The SMILES string of the molecule is CC(C)c1ccc(-c2c(NC3CCCCC3)c(=O)c2=O)cc1. The molecular formula is C19H23NO2. The van der Waals surface area contributed by atoms with E-state index in [4.69, 9.17) is 0 Å². The predicted molar refractivity (Wildman–Crippen MR) is 91.4 cm³/mol. The highest BCUT2D eigenvalue weighted by Gasteiger charge is 2.25. The monoisotopic (exact) mass is 297 g/mol. The van der Waals surface area contributed by atoms with E-state index in [-0.39, 0.29) is 10.9 Å². The van der Waals surface area contributed by atoms with E-state index in [2.05, 4.69) is 19.2 Å². The first kappa shape index (κ1) is 15.0. The molecule has 0 unspecified atom stereocenters. The fourth-order valence-corrected chi connectivity index (χ4v) is 3.29. The molecule has 3 nitrogen and oxygen atoms in total. The molecule has 1 N–H and O–H groups in total. The van der Waals surface area contributed by atoms with Crippen LogP contribution in [0.15, 0.2) is 33.9 Å². The molecule has 1 fully saturated rings. The van der Waals surface area contributed by atoms with Crippen LogP contribution in [-0.4, -0.2) is 6.04 Å². The van der Waals surface area contributed by atoms with Gasteiger partial charge in [-0.2, -0.15) is 0 Å². The summed E-state index contributed by atoms with van der Waals surface area (Å²) in [4.78, 5) is 23.9. The second-order valence-electron chi connectivity index (χ2n) is 6.66. The minimum atomic E-state index is -0.353. The lowest BCUT2D eigenvalue weighted by Gasteiger charge is -2.25. The molecule has 22 heavy (non-hydrogen) atoms. The van der Waals surface area contributed by atoms with E-state index >= 15 is 0 Å². The molecule has 0 heterocycles. The van der Waals surface area contributed by atoms with Crippen LogP contribution in [0.5, 0.6) is 0 Å². The van der Waals surface area contributed by atoms with Crippen molar-refractivity contribution < 1.29 is 0 Å². The van der Waals surface area contributed by atoms with E-state index in [1.54, 1.807) is 0 Å². The smallest absolute Gasteiger partial charge is 0.250 e. The van der Waals surface area contributed by atoms with Crippen molar-refractivity contribution in [3.05, 3.63) is 50.3 Å². The average Bonchev–Trinajstić information content (AvgIpc) is 2.55. The van der Waals surface area contributed by atoms with Crippen molar-refractivity contribution in [3.63, 3.8) is 0 Å². The summed E-state index contributed by atoms with van der Waals surface area (Å²) >= 11 is 0. The zero-order chi connectivity index (χ0) is 15.7. The average molecular weight is 297 g/mol. The van der Waals surface area contributed by atoms with Crippen molar-refractivity contribution in [2.45, 2.75) is 57.9 Å². The third kappa shape index (κ3) is 2.72. The summed E-state index contributed by atoms with van der Waals surface area (Å²) in [5.74, 6) is 0.460. The fourth-order valence-electron chi connectivity index (χ4n) is 3.29. The molecule has 0 spiro atoms. The van der Waals surface area contributed by atoms with Gasteiger partial charge in [0.15, 0.2) is 0 Å². The normalized spacial score (nSPS) is 16.3. The number of anilines is 1. The van der Waals surface area contributed by atoms with Crippen molar-refractivity contribution in [2.75, 3.05) is 5.32 Å². The molecular weight excluding hydrogens is 274 g/mol. The highest BCUT2D eigenvalue weighted by Crippen LogP contribution is 2.28. The molecule has 0 radical (unpaired) electrons. The van der Waals surface area contributed by atoms with Crippen LogP contribution in [-0.2, 0) is 0 Å². The number of hydrogen-bond donors (Lipinski definition) is 1. The highest BCUT2D eigenvalue weighted by molar-refractivity contribution is 5.82. The van der Waals surface area contributed by atoms with Gasteiger partial charge in [0.2, 0.25) is 10.9 Å². The Morgan fingerprint density at radius 3 is 2.18 bits per heavy atom. The van der Waals surface area contributed by atoms with Crippen LogP contribution < -0.4 is 16.2 Å². The molecule has 0 bridgehead atoms. The summed E-state index contributed by atoms with van der Waals surface area (Å²) in [6, 6.07) is 8.34. The molecule has 3 heteroatoms. The van der Waals surface area contributed by atoms with Gasteiger partial charge in [0.1, 0.15) is 0 Å². The topological polar surface area (TPSA) is 46.2 Å². The molecule has 0 atom stereocenters. The lowest BCUT2D eigenvalue weighted by atomic mass is 9.92. The van der Waals surface area contributed by atoms with Crippen molar-refractivity contribution in [1.29, 1.82) is 0 Å².